The van der Waals surface area contributed by atoms with Crippen LogP contribution in [0.15, 0.2) is 24.3 Å². The quantitative estimate of drug-likeness (QED) is 0.791. The Morgan fingerprint density at radius 1 is 1.17 bits per heavy atom. The molecule has 5 nitrogen and oxygen atoms in total. The van der Waals surface area contributed by atoms with Gasteiger partial charge in [0.25, 0.3) is 0 Å². The second-order valence-electron chi connectivity index (χ2n) is 6.27. The number of hydrogen-bond donors (Lipinski definition) is 1. The molecule has 1 amide bonds. The van der Waals surface area contributed by atoms with Gasteiger partial charge in [-0.2, -0.15) is 0 Å². The van der Waals surface area contributed by atoms with Gasteiger partial charge in [-0.15, -0.1) is 0 Å². The van der Waals surface area contributed by atoms with E-state index < -0.39 is 10.0 Å². The number of nitrogens with one attached hydrogen (secondary N) is 1. The van der Waals surface area contributed by atoms with E-state index in [0.29, 0.717) is 11.6 Å². The molecule has 0 aliphatic carbocycles. The van der Waals surface area contributed by atoms with Gasteiger partial charge in [-0.25, -0.2) is 8.42 Å². The van der Waals surface area contributed by atoms with Crippen molar-refractivity contribution in [3.63, 3.8) is 0 Å². The Hall–Kier alpha value is -1.56. The fourth-order valence-corrected chi connectivity index (χ4v) is 3.24. The van der Waals surface area contributed by atoms with Crippen LogP contribution in [0.3, 0.4) is 0 Å². The van der Waals surface area contributed by atoms with Crippen LogP contribution in [0.25, 0.3) is 0 Å². The summed E-state index contributed by atoms with van der Waals surface area (Å²) in [6.07, 6.45) is 2.95. The summed E-state index contributed by atoms with van der Waals surface area (Å²) in [6.45, 7) is 7.91. The number of sulfonamides is 1. The molecular weight excluding hydrogens is 312 g/mol. The predicted molar refractivity (Wildman–Crippen MR) is 95.2 cm³/mol. The van der Waals surface area contributed by atoms with Crippen LogP contribution in [-0.4, -0.2) is 33.2 Å². The van der Waals surface area contributed by atoms with E-state index in [-0.39, 0.29) is 18.5 Å². The van der Waals surface area contributed by atoms with E-state index in [0.717, 1.165) is 29.0 Å². The lowest BCUT2D eigenvalue weighted by Crippen LogP contribution is -2.43. The lowest BCUT2D eigenvalue weighted by atomic mass is 10.0. The van der Waals surface area contributed by atoms with Crippen molar-refractivity contribution in [2.75, 3.05) is 17.1 Å². The molecule has 1 atom stereocenters. The van der Waals surface area contributed by atoms with Crippen molar-refractivity contribution in [1.82, 2.24) is 5.32 Å². The minimum atomic E-state index is -3.52. The number of anilines is 1. The average Bonchev–Trinajstić information content (AvgIpc) is 2.44. The highest BCUT2D eigenvalue weighted by atomic mass is 32.2. The monoisotopic (exact) mass is 340 g/mol. The number of carbonyl (C=O) groups is 1. The number of hydrogen-bond acceptors (Lipinski definition) is 3. The van der Waals surface area contributed by atoms with Crippen molar-refractivity contribution in [2.24, 2.45) is 0 Å². The van der Waals surface area contributed by atoms with E-state index in [1.165, 1.54) is 0 Å². The number of carbonyl (C=O) groups excluding carboxylic acids is 1. The molecule has 23 heavy (non-hydrogen) atoms. The first kappa shape index (κ1) is 19.5. The molecule has 1 N–H and O–H groups in total. The topological polar surface area (TPSA) is 66.5 Å². The summed E-state index contributed by atoms with van der Waals surface area (Å²) in [5.74, 6) is 0.0817. The highest BCUT2D eigenvalue weighted by Crippen LogP contribution is 2.21. The van der Waals surface area contributed by atoms with Crippen molar-refractivity contribution in [1.29, 1.82) is 0 Å². The first-order chi connectivity index (χ1) is 10.6. The van der Waals surface area contributed by atoms with Crippen molar-refractivity contribution in [3.8, 4) is 0 Å². The Balaban J connectivity index is 2.91. The molecule has 1 aromatic carbocycles. The van der Waals surface area contributed by atoms with Crippen LogP contribution >= 0.6 is 0 Å². The molecular formula is C17H28N2O3S. The van der Waals surface area contributed by atoms with Gasteiger partial charge in [0.05, 0.1) is 11.9 Å². The highest BCUT2D eigenvalue weighted by Gasteiger charge is 2.21. The molecule has 0 heterocycles. The number of rotatable bonds is 8. The molecule has 0 saturated carbocycles. The molecule has 0 bridgehead atoms. The third-order valence-electron chi connectivity index (χ3n) is 3.66. The van der Waals surface area contributed by atoms with Crippen LogP contribution in [0.5, 0.6) is 0 Å². The summed E-state index contributed by atoms with van der Waals surface area (Å²) >= 11 is 0. The summed E-state index contributed by atoms with van der Waals surface area (Å²) in [5, 5.41) is 2.84. The summed E-state index contributed by atoms with van der Waals surface area (Å²) in [5.41, 5.74) is 1.64. The van der Waals surface area contributed by atoms with E-state index in [2.05, 4.69) is 19.2 Å². The maximum atomic E-state index is 12.1. The van der Waals surface area contributed by atoms with Crippen LogP contribution in [0.1, 0.15) is 52.0 Å². The van der Waals surface area contributed by atoms with Gasteiger partial charge in [0.1, 0.15) is 6.54 Å². The van der Waals surface area contributed by atoms with E-state index in [9.17, 15) is 13.2 Å². The third-order valence-corrected chi connectivity index (χ3v) is 4.80. The standard InChI is InChI=1S/C17H28N2O3S/c1-6-7-14(4)18-17(20)12-19(23(5,21)22)16-10-8-15(9-11-16)13(2)3/h8-11,13-14H,6-7,12H2,1-5H3,(H,18,20)/t14-/m1/s1. The SMILES string of the molecule is CCC[C@@H](C)NC(=O)CN(c1ccc(C(C)C)cc1)S(C)(=O)=O. The second kappa shape index (κ2) is 8.34. The van der Waals surface area contributed by atoms with E-state index in [4.69, 9.17) is 0 Å². The van der Waals surface area contributed by atoms with E-state index in [1.807, 2.05) is 26.0 Å². The molecule has 0 fully saturated rings. The maximum Gasteiger partial charge on any atom is 0.240 e. The third kappa shape index (κ3) is 6.22. The Labute approximate surface area is 140 Å². The second-order valence-corrected chi connectivity index (χ2v) is 8.18. The lowest BCUT2D eigenvalue weighted by Gasteiger charge is -2.23. The largest absolute Gasteiger partial charge is 0.352 e. The van der Waals surface area contributed by atoms with Crippen molar-refractivity contribution in [3.05, 3.63) is 29.8 Å². The summed E-state index contributed by atoms with van der Waals surface area (Å²) in [7, 11) is -3.52. The summed E-state index contributed by atoms with van der Waals surface area (Å²) < 4.78 is 25.2. The van der Waals surface area contributed by atoms with Crippen molar-refractivity contribution in [2.45, 2.75) is 52.5 Å². The molecule has 0 spiro atoms. The Morgan fingerprint density at radius 3 is 2.17 bits per heavy atom. The molecule has 0 saturated heterocycles. The minimum Gasteiger partial charge on any atom is -0.352 e. The van der Waals surface area contributed by atoms with E-state index >= 15 is 0 Å². The smallest absolute Gasteiger partial charge is 0.240 e. The molecule has 0 radical (unpaired) electrons. The molecule has 1 rings (SSSR count). The molecule has 1 aromatic rings. The van der Waals surface area contributed by atoms with Crippen molar-refractivity contribution >= 4 is 21.6 Å². The van der Waals surface area contributed by atoms with Crippen LogP contribution in [0.2, 0.25) is 0 Å². The van der Waals surface area contributed by atoms with Crippen LogP contribution in [-0.2, 0) is 14.8 Å². The van der Waals surface area contributed by atoms with Gasteiger partial charge in [-0.1, -0.05) is 39.3 Å². The molecule has 0 unspecified atom stereocenters. The highest BCUT2D eigenvalue weighted by molar-refractivity contribution is 7.92. The Bertz CT molecular complexity index is 609. The van der Waals surface area contributed by atoms with Gasteiger partial charge in [-0.05, 0) is 37.0 Å². The predicted octanol–water partition coefficient (Wildman–Crippen LogP) is 2.88. The van der Waals surface area contributed by atoms with Gasteiger partial charge < -0.3 is 5.32 Å². The first-order valence-corrected chi connectivity index (χ1v) is 9.87. The molecule has 0 aliphatic rings. The van der Waals surface area contributed by atoms with Crippen LogP contribution in [0.4, 0.5) is 5.69 Å². The van der Waals surface area contributed by atoms with Gasteiger partial charge in [0.2, 0.25) is 15.9 Å². The van der Waals surface area contributed by atoms with Gasteiger partial charge in [0, 0.05) is 6.04 Å². The average molecular weight is 340 g/mol. The number of amides is 1. The zero-order valence-electron chi connectivity index (χ0n) is 14.7. The summed E-state index contributed by atoms with van der Waals surface area (Å²) in [4.78, 5) is 12.1. The fraction of sp³-hybridized carbons (Fsp3) is 0.588. The van der Waals surface area contributed by atoms with Crippen LogP contribution in [0, 0.1) is 0 Å². The minimum absolute atomic E-state index is 0.0391. The fourth-order valence-electron chi connectivity index (χ4n) is 2.38. The number of nitrogens with zero attached hydrogens (tertiary/aromatic N) is 1. The zero-order chi connectivity index (χ0) is 17.6. The molecule has 0 aliphatic heterocycles. The Kier molecular flexibility index (Phi) is 7.06. The van der Waals surface area contributed by atoms with E-state index in [1.54, 1.807) is 12.1 Å². The summed E-state index contributed by atoms with van der Waals surface area (Å²) in [6, 6.07) is 7.33. The maximum absolute atomic E-state index is 12.1. The van der Waals surface area contributed by atoms with Gasteiger partial charge >= 0.3 is 0 Å². The molecule has 130 valence electrons. The van der Waals surface area contributed by atoms with Gasteiger partial charge in [0.15, 0.2) is 0 Å². The van der Waals surface area contributed by atoms with Crippen LogP contribution < -0.4 is 9.62 Å². The molecule has 0 aromatic heterocycles. The normalized spacial score (nSPS) is 13.0. The molecule has 6 heteroatoms. The Morgan fingerprint density at radius 2 is 1.74 bits per heavy atom. The zero-order valence-corrected chi connectivity index (χ0v) is 15.5. The van der Waals surface area contributed by atoms with Crippen molar-refractivity contribution < 1.29 is 13.2 Å². The first-order valence-electron chi connectivity index (χ1n) is 8.02. The number of benzene rings is 1. The lowest BCUT2D eigenvalue weighted by molar-refractivity contribution is -0.120. The van der Waals surface area contributed by atoms with Gasteiger partial charge in [-0.3, -0.25) is 9.10 Å².